The number of alkyl halides is 1. The van der Waals surface area contributed by atoms with Crippen LogP contribution in [0.15, 0.2) is 24.4 Å². The van der Waals surface area contributed by atoms with Gasteiger partial charge in [0.2, 0.25) is 0 Å². The molecule has 3 rings (SSSR count). The van der Waals surface area contributed by atoms with E-state index < -0.39 is 5.60 Å². The average Bonchev–Trinajstić information content (AvgIpc) is 2.78. The van der Waals surface area contributed by atoms with Crippen molar-refractivity contribution in [2.75, 3.05) is 0 Å². The van der Waals surface area contributed by atoms with E-state index in [-0.39, 0.29) is 8.84 Å². The lowest BCUT2D eigenvalue weighted by Gasteiger charge is -2.48. The van der Waals surface area contributed by atoms with Gasteiger partial charge in [-0.3, -0.25) is 4.98 Å². The Morgan fingerprint density at radius 3 is 2.71 bits per heavy atom. The molecule has 4 unspecified atom stereocenters. The summed E-state index contributed by atoms with van der Waals surface area (Å²) < 4.78 is -0.105. The molecule has 1 heterocycles. The van der Waals surface area contributed by atoms with E-state index in [9.17, 15) is 5.11 Å². The van der Waals surface area contributed by atoms with Gasteiger partial charge in [-0.05, 0) is 44.2 Å². The summed E-state index contributed by atoms with van der Waals surface area (Å²) in [6.45, 7) is 4.42. The van der Waals surface area contributed by atoms with Crippen LogP contribution < -0.4 is 0 Å². The van der Waals surface area contributed by atoms with Crippen LogP contribution in [0, 0.1) is 11.3 Å². The average molecular weight is 343 g/mol. The summed E-state index contributed by atoms with van der Waals surface area (Å²) in [7, 11) is 0. The van der Waals surface area contributed by atoms with Crippen LogP contribution in [-0.4, -0.2) is 13.5 Å². The molecule has 1 aromatic heterocycles. The van der Waals surface area contributed by atoms with E-state index in [2.05, 4.69) is 41.4 Å². The molecule has 3 heteroatoms. The molecule has 0 saturated heterocycles. The van der Waals surface area contributed by atoms with Crippen molar-refractivity contribution in [2.45, 2.75) is 42.1 Å². The van der Waals surface area contributed by atoms with Crippen molar-refractivity contribution in [3.63, 3.8) is 0 Å². The maximum atomic E-state index is 11.4. The molecule has 0 radical (unpaired) electrons. The first-order chi connectivity index (χ1) is 7.92. The maximum Gasteiger partial charge on any atom is 0.126 e. The Kier molecular flexibility index (Phi) is 2.41. The molecule has 4 atom stereocenters. The Hall–Kier alpha value is -0.160. The number of nitrogens with zero attached hydrogens (tertiary/aromatic N) is 1. The van der Waals surface area contributed by atoms with Crippen LogP contribution in [0.4, 0.5) is 0 Å². The van der Waals surface area contributed by atoms with Crippen LogP contribution >= 0.6 is 22.6 Å². The molecule has 2 bridgehead atoms. The standard InChI is InChI=1S/C14H18INO/c1-12-7-6-10(9-12)13(2,15)14(12,17)11-5-3-4-8-16-11/h3-5,8,10,17H,6-7,9H2,1-2H3. The molecule has 2 saturated carbocycles. The number of rotatable bonds is 1. The SMILES string of the molecule is CC12CCC(C1)C(C)(I)C2(O)c1ccccn1. The molecule has 0 aromatic carbocycles. The first kappa shape index (κ1) is 11.9. The van der Waals surface area contributed by atoms with Crippen LogP contribution in [0.1, 0.15) is 38.8 Å². The largest absolute Gasteiger partial charge is 0.382 e. The Balaban J connectivity index is 2.18. The monoisotopic (exact) mass is 343 g/mol. The van der Waals surface area contributed by atoms with Crippen molar-refractivity contribution in [2.24, 2.45) is 11.3 Å². The molecule has 0 spiro atoms. The molecule has 92 valence electrons. The summed E-state index contributed by atoms with van der Waals surface area (Å²) in [6, 6.07) is 5.86. The number of fused-ring (bicyclic) bond motifs is 2. The molecule has 2 aliphatic carbocycles. The quantitative estimate of drug-likeness (QED) is 0.627. The van der Waals surface area contributed by atoms with E-state index in [1.807, 2.05) is 18.2 Å². The molecular weight excluding hydrogens is 325 g/mol. The fourth-order valence-electron chi connectivity index (χ4n) is 4.05. The molecule has 2 aliphatic rings. The van der Waals surface area contributed by atoms with Gasteiger partial charge in [0.1, 0.15) is 5.60 Å². The van der Waals surface area contributed by atoms with Crippen molar-refractivity contribution < 1.29 is 5.11 Å². The van der Waals surface area contributed by atoms with E-state index in [0.29, 0.717) is 5.92 Å². The van der Waals surface area contributed by atoms with Crippen molar-refractivity contribution >= 4 is 22.6 Å². The van der Waals surface area contributed by atoms with Gasteiger partial charge >= 0.3 is 0 Å². The number of hydrogen-bond acceptors (Lipinski definition) is 2. The second kappa shape index (κ2) is 3.44. The molecule has 2 nitrogen and oxygen atoms in total. The van der Waals surface area contributed by atoms with Gasteiger partial charge in [-0.1, -0.05) is 35.6 Å². The summed E-state index contributed by atoms with van der Waals surface area (Å²) in [4.78, 5) is 4.44. The molecule has 17 heavy (non-hydrogen) atoms. The first-order valence-corrected chi connectivity index (χ1v) is 7.32. The molecule has 1 N–H and O–H groups in total. The highest BCUT2D eigenvalue weighted by molar-refractivity contribution is 14.1. The van der Waals surface area contributed by atoms with Crippen molar-refractivity contribution in [3.8, 4) is 0 Å². The Morgan fingerprint density at radius 1 is 1.41 bits per heavy atom. The third-order valence-corrected chi connectivity index (χ3v) is 6.79. The van der Waals surface area contributed by atoms with Gasteiger partial charge in [-0.15, -0.1) is 0 Å². The summed E-state index contributed by atoms with van der Waals surface area (Å²) in [5, 5.41) is 11.4. The van der Waals surface area contributed by atoms with Gasteiger partial charge in [0.05, 0.1) is 9.12 Å². The fourth-order valence-corrected chi connectivity index (χ4v) is 5.51. The van der Waals surface area contributed by atoms with Gasteiger partial charge in [-0.25, -0.2) is 0 Å². The van der Waals surface area contributed by atoms with Gasteiger partial charge in [0, 0.05) is 11.6 Å². The van der Waals surface area contributed by atoms with Crippen LogP contribution in [0.5, 0.6) is 0 Å². The minimum atomic E-state index is -0.787. The number of pyridine rings is 1. The van der Waals surface area contributed by atoms with E-state index in [0.717, 1.165) is 18.5 Å². The predicted octanol–water partition coefficient (Wildman–Crippen LogP) is 3.28. The highest BCUT2D eigenvalue weighted by Crippen LogP contribution is 2.70. The molecule has 2 fully saturated rings. The Morgan fingerprint density at radius 2 is 2.18 bits per heavy atom. The summed E-state index contributed by atoms with van der Waals surface area (Å²) >= 11 is 2.46. The zero-order chi connectivity index (χ0) is 12.3. The Labute approximate surface area is 116 Å². The first-order valence-electron chi connectivity index (χ1n) is 6.25. The van der Waals surface area contributed by atoms with E-state index >= 15 is 0 Å². The topological polar surface area (TPSA) is 33.1 Å². The number of hydrogen-bond donors (Lipinski definition) is 1. The highest BCUT2D eigenvalue weighted by atomic mass is 127. The van der Waals surface area contributed by atoms with E-state index in [4.69, 9.17) is 0 Å². The Bertz CT molecular complexity index is 440. The molecular formula is C14H18INO. The number of aliphatic hydroxyl groups is 1. The van der Waals surface area contributed by atoms with Crippen molar-refractivity contribution in [1.82, 2.24) is 4.98 Å². The lowest BCUT2D eigenvalue weighted by molar-refractivity contribution is -0.0895. The number of aromatic nitrogens is 1. The number of halogens is 1. The lowest BCUT2D eigenvalue weighted by atomic mass is 9.66. The van der Waals surface area contributed by atoms with Crippen molar-refractivity contribution in [1.29, 1.82) is 0 Å². The van der Waals surface area contributed by atoms with Crippen LogP contribution in [0.25, 0.3) is 0 Å². The van der Waals surface area contributed by atoms with Crippen LogP contribution in [0.3, 0.4) is 0 Å². The van der Waals surface area contributed by atoms with Gasteiger partial charge < -0.3 is 5.11 Å². The smallest absolute Gasteiger partial charge is 0.126 e. The molecule has 0 aliphatic heterocycles. The minimum Gasteiger partial charge on any atom is -0.382 e. The summed E-state index contributed by atoms with van der Waals surface area (Å²) in [6.07, 6.45) is 5.27. The summed E-state index contributed by atoms with van der Waals surface area (Å²) in [5.41, 5.74) is 0.0498. The second-order valence-electron chi connectivity index (χ2n) is 6.00. The van der Waals surface area contributed by atoms with Gasteiger partial charge in [0.15, 0.2) is 0 Å². The predicted molar refractivity (Wildman–Crippen MR) is 76.0 cm³/mol. The minimum absolute atomic E-state index is 0.0119. The van der Waals surface area contributed by atoms with Gasteiger partial charge in [0.25, 0.3) is 0 Å². The molecule has 0 amide bonds. The normalized spacial score (nSPS) is 48.6. The van der Waals surface area contributed by atoms with E-state index in [1.54, 1.807) is 6.20 Å². The van der Waals surface area contributed by atoms with Crippen molar-refractivity contribution in [3.05, 3.63) is 30.1 Å². The zero-order valence-electron chi connectivity index (χ0n) is 10.3. The maximum absolute atomic E-state index is 11.4. The van der Waals surface area contributed by atoms with Gasteiger partial charge in [-0.2, -0.15) is 0 Å². The highest BCUT2D eigenvalue weighted by Gasteiger charge is 2.70. The third-order valence-electron chi connectivity index (χ3n) is 5.12. The summed E-state index contributed by atoms with van der Waals surface area (Å²) in [5.74, 6) is 0.611. The third kappa shape index (κ3) is 1.27. The van der Waals surface area contributed by atoms with Crippen LogP contribution in [-0.2, 0) is 5.60 Å². The zero-order valence-corrected chi connectivity index (χ0v) is 12.4. The lowest BCUT2D eigenvalue weighted by Crippen LogP contribution is -2.54. The molecule has 1 aromatic rings. The fraction of sp³-hybridized carbons (Fsp3) is 0.643. The second-order valence-corrected chi connectivity index (χ2v) is 8.24. The van der Waals surface area contributed by atoms with Crippen LogP contribution in [0.2, 0.25) is 0 Å². The van der Waals surface area contributed by atoms with E-state index in [1.165, 1.54) is 6.42 Å².